The summed E-state index contributed by atoms with van der Waals surface area (Å²) in [5.74, 6) is 0.239. The average Bonchev–Trinajstić information content (AvgIpc) is 2.41. The van der Waals surface area contributed by atoms with Crippen molar-refractivity contribution in [1.29, 1.82) is 0 Å². The van der Waals surface area contributed by atoms with E-state index in [1.54, 1.807) is 11.0 Å². The van der Waals surface area contributed by atoms with Crippen LogP contribution in [0.1, 0.15) is 23.2 Å². The second-order valence-corrected chi connectivity index (χ2v) is 4.87. The minimum Gasteiger partial charge on any atom is -0.504 e. The number of likely N-dealkylation sites (tertiary alicyclic amines) is 1. The number of piperidine rings is 1. The molecule has 0 atom stereocenters. The first-order chi connectivity index (χ1) is 8.63. The molecule has 1 amide bonds. The maximum atomic E-state index is 12.2. The van der Waals surface area contributed by atoms with Gasteiger partial charge in [0.25, 0.3) is 5.91 Å². The van der Waals surface area contributed by atoms with E-state index in [4.69, 9.17) is 11.6 Å². The fourth-order valence-electron chi connectivity index (χ4n) is 2.16. The van der Waals surface area contributed by atoms with E-state index in [9.17, 15) is 15.0 Å². The van der Waals surface area contributed by atoms with Crippen molar-refractivity contribution in [2.24, 2.45) is 5.92 Å². The van der Waals surface area contributed by atoms with Crippen LogP contribution in [0.25, 0.3) is 0 Å². The van der Waals surface area contributed by atoms with Crippen LogP contribution in [0, 0.1) is 5.92 Å². The van der Waals surface area contributed by atoms with Crippen molar-refractivity contribution in [1.82, 2.24) is 4.90 Å². The highest BCUT2D eigenvalue weighted by Gasteiger charge is 2.25. The molecule has 0 unspecified atom stereocenters. The van der Waals surface area contributed by atoms with Gasteiger partial charge in [-0.3, -0.25) is 4.79 Å². The molecule has 2 rings (SSSR count). The second kappa shape index (κ2) is 5.48. The van der Waals surface area contributed by atoms with E-state index in [0.29, 0.717) is 24.9 Å². The molecule has 4 nitrogen and oxygen atoms in total. The number of phenols is 2. The smallest absolute Gasteiger partial charge is 0.257 e. The number of aromatic hydroxyl groups is 2. The van der Waals surface area contributed by atoms with E-state index in [1.807, 2.05) is 0 Å². The zero-order chi connectivity index (χ0) is 13.1. The van der Waals surface area contributed by atoms with Gasteiger partial charge in [-0.05, 0) is 30.9 Å². The lowest BCUT2D eigenvalue weighted by Gasteiger charge is -2.31. The molecule has 1 heterocycles. The van der Waals surface area contributed by atoms with Gasteiger partial charge in [0, 0.05) is 19.0 Å². The number of phenolic OH excluding ortho intramolecular Hbond substituents is 2. The summed E-state index contributed by atoms with van der Waals surface area (Å²) in [5, 5.41) is 19.1. The second-order valence-electron chi connectivity index (χ2n) is 4.56. The SMILES string of the molecule is O=C(c1cccc(O)c1O)N1CCC(CCl)CC1. The van der Waals surface area contributed by atoms with Crippen LogP contribution in [-0.4, -0.2) is 40.0 Å². The molecule has 0 radical (unpaired) electrons. The number of para-hydroxylation sites is 1. The number of rotatable bonds is 2. The quantitative estimate of drug-likeness (QED) is 0.639. The molecule has 0 saturated carbocycles. The van der Waals surface area contributed by atoms with Gasteiger partial charge in [0.15, 0.2) is 11.5 Å². The Morgan fingerprint density at radius 3 is 2.61 bits per heavy atom. The molecule has 0 bridgehead atoms. The van der Waals surface area contributed by atoms with Crippen molar-refractivity contribution in [3.63, 3.8) is 0 Å². The fraction of sp³-hybridized carbons (Fsp3) is 0.462. The molecule has 0 aromatic heterocycles. The summed E-state index contributed by atoms with van der Waals surface area (Å²) < 4.78 is 0. The highest BCUT2D eigenvalue weighted by atomic mass is 35.5. The maximum absolute atomic E-state index is 12.2. The van der Waals surface area contributed by atoms with Gasteiger partial charge in [0.1, 0.15) is 0 Å². The number of amides is 1. The molecule has 98 valence electrons. The van der Waals surface area contributed by atoms with Crippen LogP contribution in [0.5, 0.6) is 11.5 Å². The van der Waals surface area contributed by atoms with Gasteiger partial charge in [-0.1, -0.05) is 6.07 Å². The van der Waals surface area contributed by atoms with Crippen molar-refractivity contribution < 1.29 is 15.0 Å². The van der Waals surface area contributed by atoms with E-state index in [0.717, 1.165) is 12.8 Å². The summed E-state index contributed by atoms with van der Waals surface area (Å²) in [6.45, 7) is 1.29. The van der Waals surface area contributed by atoms with Crippen molar-refractivity contribution in [2.75, 3.05) is 19.0 Å². The number of carbonyl (C=O) groups excluding carboxylic acids is 1. The van der Waals surface area contributed by atoms with Gasteiger partial charge in [0.05, 0.1) is 5.56 Å². The van der Waals surface area contributed by atoms with Crippen molar-refractivity contribution in [2.45, 2.75) is 12.8 Å². The fourth-order valence-corrected chi connectivity index (χ4v) is 2.47. The molecule has 2 N–H and O–H groups in total. The van der Waals surface area contributed by atoms with Gasteiger partial charge in [0.2, 0.25) is 0 Å². The van der Waals surface area contributed by atoms with Crippen LogP contribution in [0.15, 0.2) is 18.2 Å². The lowest BCUT2D eigenvalue weighted by atomic mass is 9.98. The van der Waals surface area contributed by atoms with E-state index >= 15 is 0 Å². The van der Waals surface area contributed by atoms with Crippen molar-refractivity contribution in [3.8, 4) is 11.5 Å². The third kappa shape index (κ3) is 2.53. The number of carbonyl (C=O) groups is 1. The molecule has 18 heavy (non-hydrogen) atoms. The predicted molar refractivity (Wildman–Crippen MR) is 69.1 cm³/mol. The van der Waals surface area contributed by atoms with Gasteiger partial charge in [-0.15, -0.1) is 11.6 Å². The highest BCUT2D eigenvalue weighted by Crippen LogP contribution is 2.30. The van der Waals surface area contributed by atoms with Crippen LogP contribution in [0.2, 0.25) is 0 Å². The Balaban J connectivity index is 2.10. The number of hydrogen-bond donors (Lipinski definition) is 2. The average molecular weight is 270 g/mol. The molecule has 0 spiro atoms. The summed E-state index contributed by atoms with van der Waals surface area (Å²) in [6.07, 6.45) is 1.77. The van der Waals surface area contributed by atoms with Crippen molar-refractivity contribution in [3.05, 3.63) is 23.8 Å². The predicted octanol–water partition coefficient (Wildman–Crippen LogP) is 2.19. The Labute approximate surface area is 111 Å². The molecule has 5 heteroatoms. The molecule has 1 fully saturated rings. The monoisotopic (exact) mass is 269 g/mol. The van der Waals surface area contributed by atoms with E-state index in [2.05, 4.69) is 0 Å². The maximum Gasteiger partial charge on any atom is 0.257 e. The Kier molecular flexibility index (Phi) is 3.97. The Bertz CT molecular complexity index is 442. The number of hydrogen-bond acceptors (Lipinski definition) is 3. The first kappa shape index (κ1) is 13.0. The van der Waals surface area contributed by atoms with E-state index in [1.165, 1.54) is 12.1 Å². The minimum absolute atomic E-state index is 0.152. The standard InChI is InChI=1S/C13H16ClNO3/c14-8-9-4-6-15(7-5-9)13(18)10-2-1-3-11(16)12(10)17/h1-3,9,16-17H,4-8H2. The summed E-state index contributed by atoms with van der Waals surface area (Å²) >= 11 is 5.79. The molecule has 1 aromatic rings. The van der Waals surface area contributed by atoms with Crippen LogP contribution < -0.4 is 0 Å². The van der Waals surface area contributed by atoms with Crippen LogP contribution in [0.4, 0.5) is 0 Å². The molecule has 1 aliphatic rings. The van der Waals surface area contributed by atoms with Crippen LogP contribution in [-0.2, 0) is 0 Å². The molecule has 0 aliphatic carbocycles. The highest BCUT2D eigenvalue weighted by molar-refractivity contribution is 6.18. The Morgan fingerprint density at radius 1 is 1.33 bits per heavy atom. The lowest BCUT2D eigenvalue weighted by molar-refractivity contribution is 0.0694. The molecule has 1 aromatic carbocycles. The van der Waals surface area contributed by atoms with Crippen LogP contribution >= 0.6 is 11.6 Å². The van der Waals surface area contributed by atoms with Gasteiger partial charge >= 0.3 is 0 Å². The zero-order valence-corrected chi connectivity index (χ0v) is 10.7. The normalized spacial score (nSPS) is 16.8. The van der Waals surface area contributed by atoms with Gasteiger partial charge < -0.3 is 15.1 Å². The number of nitrogens with zero attached hydrogens (tertiary/aromatic N) is 1. The molecule has 1 saturated heterocycles. The molecular weight excluding hydrogens is 254 g/mol. The van der Waals surface area contributed by atoms with Crippen LogP contribution in [0.3, 0.4) is 0 Å². The van der Waals surface area contributed by atoms with Gasteiger partial charge in [-0.25, -0.2) is 0 Å². The number of halogens is 1. The Morgan fingerprint density at radius 2 is 2.00 bits per heavy atom. The van der Waals surface area contributed by atoms with E-state index in [-0.39, 0.29) is 23.0 Å². The number of alkyl halides is 1. The summed E-state index contributed by atoms with van der Waals surface area (Å²) in [6, 6.07) is 4.42. The lowest BCUT2D eigenvalue weighted by Crippen LogP contribution is -2.38. The minimum atomic E-state index is -0.345. The number of benzene rings is 1. The topological polar surface area (TPSA) is 60.8 Å². The molecule has 1 aliphatic heterocycles. The summed E-state index contributed by atoms with van der Waals surface area (Å²) in [5.41, 5.74) is 0.152. The molecular formula is C13H16ClNO3. The first-order valence-electron chi connectivity index (χ1n) is 5.99. The largest absolute Gasteiger partial charge is 0.504 e. The van der Waals surface area contributed by atoms with Gasteiger partial charge in [-0.2, -0.15) is 0 Å². The summed E-state index contributed by atoms with van der Waals surface area (Å²) in [7, 11) is 0. The van der Waals surface area contributed by atoms with E-state index < -0.39 is 0 Å². The first-order valence-corrected chi connectivity index (χ1v) is 6.53. The third-order valence-corrected chi connectivity index (χ3v) is 3.80. The zero-order valence-electron chi connectivity index (χ0n) is 9.97. The Hall–Kier alpha value is -1.42. The van der Waals surface area contributed by atoms with Crippen molar-refractivity contribution >= 4 is 17.5 Å². The summed E-state index contributed by atoms with van der Waals surface area (Å²) in [4.78, 5) is 13.9. The third-order valence-electron chi connectivity index (χ3n) is 3.37.